The normalized spacial score (nSPS) is 12.0. The molecule has 1 unspecified atom stereocenters. The van der Waals surface area contributed by atoms with Crippen LogP contribution in [0.1, 0.15) is 412 Å². The summed E-state index contributed by atoms with van der Waals surface area (Å²) in [4.78, 5) is 38.4. The molecule has 0 aromatic heterocycles. The highest BCUT2D eigenvalue weighted by atomic mass is 16.6. The second-order valence-electron chi connectivity index (χ2n) is 24.5. The van der Waals surface area contributed by atoms with Gasteiger partial charge in [-0.05, 0) is 38.5 Å². The molecule has 0 aliphatic heterocycles. The lowest BCUT2D eigenvalue weighted by Gasteiger charge is -2.18. The van der Waals surface area contributed by atoms with Gasteiger partial charge >= 0.3 is 17.9 Å². The van der Waals surface area contributed by atoms with Gasteiger partial charge in [0.05, 0.1) is 0 Å². The molecule has 78 heavy (non-hydrogen) atoms. The molecule has 0 heterocycles. The molecule has 6 heteroatoms. The molecule has 0 spiro atoms. The van der Waals surface area contributed by atoms with Crippen molar-refractivity contribution in [1.29, 1.82) is 0 Å². The lowest BCUT2D eigenvalue weighted by atomic mass is 10.0. The van der Waals surface area contributed by atoms with Crippen molar-refractivity contribution in [2.24, 2.45) is 0 Å². The van der Waals surface area contributed by atoms with Gasteiger partial charge in [-0.2, -0.15) is 0 Å². The van der Waals surface area contributed by atoms with Crippen LogP contribution in [0.3, 0.4) is 0 Å². The summed E-state index contributed by atoms with van der Waals surface area (Å²) in [7, 11) is 0. The third-order valence-corrected chi connectivity index (χ3v) is 16.5. The van der Waals surface area contributed by atoms with Crippen molar-refractivity contribution in [3.63, 3.8) is 0 Å². The Kier molecular flexibility index (Phi) is 66.0. The molecule has 0 fully saturated rings. The molecule has 0 aromatic carbocycles. The topological polar surface area (TPSA) is 78.9 Å². The van der Waals surface area contributed by atoms with E-state index < -0.39 is 6.10 Å². The van der Waals surface area contributed by atoms with Gasteiger partial charge in [-0.3, -0.25) is 14.4 Å². The van der Waals surface area contributed by atoms with E-state index >= 15 is 0 Å². The van der Waals surface area contributed by atoms with E-state index in [0.29, 0.717) is 19.3 Å². The summed E-state index contributed by atoms with van der Waals surface area (Å²) in [6.45, 7) is 6.69. The molecule has 0 aromatic rings. The fourth-order valence-electron chi connectivity index (χ4n) is 11.1. The zero-order chi connectivity index (χ0) is 56.4. The van der Waals surface area contributed by atoms with Crippen LogP contribution in [0.25, 0.3) is 0 Å². The molecule has 1 atom stereocenters. The Morgan fingerprint density at radius 2 is 0.436 bits per heavy atom. The minimum atomic E-state index is -0.769. The van der Waals surface area contributed by atoms with E-state index in [4.69, 9.17) is 14.2 Å². The van der Waals surface area contributed by atoms with Gasteiger partial charge in [-0.25, -0.2) is 0 Å². The number of hydrogen-bond acceptors (Lipinski definition) is 6. The molecule has 0 radical (unpaired) electrons. The van der Waals surface area contributed by atoms with Crippen molar-refractivity contribution in [2.75, 3.05) is 13.2 Å². The SMILES string of the molecule is CCCC/C=C\CCCCCCCC(=O)OCC(COC(=O)CCCCCCCCCCCCCCCCCCCCCCCCCCC)OC(=O)CCCCCCCCCCCCCCCCCCCCCCCCCC. The Labute approximate surface area is 488 Å². The van der Waals surface area contributed by atoms with Gasteiger partial charge < -0.3 is 14.2 Å². The third-order valence-electron chi connectivity index (χ3n) is 16.5. The standard InChI is InChI=1S/C72H138O6/c1-4-7-10-13-16-19-22-24-26-28-30-32-34-36-38-39-41-43-45-47-50-53-56-59-62-65-71(74)77-68-69(67-76-70(73)64-61-58-55-52-49-21-18-15-12-9-6-3)78-72(75)66-63-60-57-54-51-48-46-44-42-40-37-35-33-31-29-27-25-23-20-17-14-11-8-5-2/h15,18,69H,4-14,16-17,19-68H2,1-3H3/b18-15-. The Morgan fingerprint density at radius 3 is 0.679 bits per heavy atom. The monoisotopic (exact) mass is 1100 g/mol. The van der Waals surface area contributed by atoms with Crippen LogP contribution in [-0.2, 0) is 28.6 Å². The maximum Gasteiger partial charge on any atom is 0.306 e. The molecule has 0 saturated heterocycles. The Bertz CT molecular complexity index is 1210. The predicted octanol–water partition coefficient (Wildman–Crippen LogP) is 24.4. The fourth-order valence-corrected chi connectivity index (χ4v) is 11.1. The predicted molar refractivity (Wildman–Crippen MR) is 340 cm³/mol. The number of allylic oxidation sites excluding steroid dienone is 2. The maximum absolute atomic E-state index is 12.9. The van der Waals surface area contributed by atoms with E-state index in [2.05, 4.69) is 32.9 Å². The summed E-state index contributed by atoms with van der Waals surface area (Å²) < 4.78 is 17.0. The second kappa shape index (κ2) is 67.7. The molecule has 0 bridgehead atoms. The molecular weight excluding hydrogens is 961 g/mol. The van der Waals surface area contributed by atoms with Crippen LogP contribution in [-0.4, -0.2) is 37.2 Å². The molecule has 0 saturated carbocycles. The quantitative estimate of drug-likeness (QED) is 0.0261. The number of rotatable bonds is 67. The van der Waals surface area contributed by atoms with Gasteiger partial charge in [-0.1, -0.05) is 367 Å². The van der Waals surface area contributed by atoms with E-state index in [1.807, 2.05) is 0 Å². The zero-order valence-corrected chi connectivity index (χ0v) is 53.2. The number of carbonyl (C=O) groups is 3. The average molecular weight is 1100 g/mol. The largest absolute Gasteiger partial charge is 0.462 e. The molecule has 0 aliphatic rings. The van der Waals surface area contributed by atoms with E-state index in [1.165, 1.54) is 308 Å². The van der Waals surface area contributed by atoms with Gasteiger partial charge in [0.15, 0.2) is 6.10 Å². The highest BCUT2D eigenvalue weighted by Crippen LogP contribution is 2.19. The van der Waals surface area contributed by atoms with Gasteiger partial charge in [-0.15, -0.1) is 0 Å². The van der Waals surface area contributed by atoms with Crippen molar-refractivity contribution < 1.29 is 28.6 Å². The third kappa shape index (κ3) is 65.0. The minimum absolute atomic E-state index is 0.0658. The van der Waals surface area contributed by atoms with Crippen molar-refractivity contribution in [3.05, 3.63) is 12.2 Å². The van der Waals surface area contributed by atoms with Crippen LogP contribution in [0.5, 0.6) is 0 Å². The number of hydrogen-bond donors (Lipinski definition) is 0. The molecular formula is C72H138O6. The van der Waals surface area contributed by atoms with Crippen molar-refractivity contribution in [2.45, 2.75) is 419 Å². The zero-order valence-electron chi connectivity index (χ0n) is 53.2. The van der Waals surface area contributed by atoms with Crippen LogP contribution >= 0.6 is 0 Å². The number of unbranched alkanes of at least 4 members (excludes halogenated alkanes) is 54. The molecule has 462 valence electrons. The molecule has 6 nitrogen and oxygen atoms in total. The summed E-state index contributed by atoms with van der Waals surface area (Å²) in [5.74, 6) is -0.842. The number of carbonyl (C=O) groups excluding carboxylic acids is 3. The summed E-state index contributed by atoms with van der Waals surface area (Å²) in [6, 6.07) is 0. The van der Waals surface area contributed by atoms with Crippen molar-refractivity contribution in [1.82, 2.24) is 0 Å². The molecule has 0 rings (SSSR count). The Morgan fingerprint density at radius 1 is 0.244 bits per heavy atom. The maximum atomic E-state index is 12.9. The van der Waals surface area contributed by atoms with E-state index in [-0.39, 0.29) is 31.1 Å². The van der Waals surface area contributed by atoms with Gasteiger partial charge in [0.2, 0.25) is 0 Å². The minimum Gasteiger partial charge on any atom is -0.462 e. The number of esters is 3. The Balaban J connectivity index is 4.14. The van der Waals surface area contributed by atoms with Gasteiger partial charge in [0.1, 0.15) is 13.2 Å². The summed E-state index contributed by atoms with van der Waals surface area (Å²) in [5.41, 5.74) is 0. The fraction of sp³-hybridized carbons (Fsp3) is 0.931. The second-order valence-corrected chi connectivity index (χ2v) is 24.5. The van der Waals surface area contributed by atoms with Gasteiger partial charge in [0.25, 0.3) is 0 Å². The summed E-state index contributed by atoms with van der Waals surface area (Å²) in [6.07, 6.45) is 81.2. The van der Waals surface area contributed by atoms with Crippen LogP contribution in [0.15, 0.2) is 12.2 Å². The first-order valence-corrected chi connectivity index (χ1v) is 35.7. The lowest BCUT2D eigenvalue weighted by molar-refractivity contribution is -0.167. The Hall–Kier alpha value is -1.85. The molecule has 0 aliphatic carbocycles. The smallest absolute Gasteiger partial charge is 0.306 e. The first kappa shape index (κ1) is 76.1. The molecule has 0 N–H and O–H groups in total. The number of ether oxygens (including phenoxy) is 3. The summed E-state index contributed by atoms with van der Waals surface area (Å²) in [5, 5.41) is 0. The van der Waals surface area contributed by atoms with Crippen LogP contribution in [0, 0.1) is 0 Å². The van der Waals surface area contributed by atoms with E-state index in [0.717, 1.165) is 64.2 Å². The first-order valence-electron chi connectivity index (χ1n) is 35.7. The average Bonchev–Trinajstić information content (AvgIpc) is 3.44. The lowest BCUT2D eigenvalue weighted by Crippen LogP contribution is -2.30. The first-order chi connectivity index (χ1) is 38.5. The van der Waals surface area contributed by atoms with Crippen molar-refractivity contribution in [3.8, 4) is 0 Å². The van der Waals surface area contributed by atoms with Crippen molar-refractivity contribution >= 4 is 17.9 Å². The van der Waals surface area contributed by atoms with E-state index in [9.17, 15) is 14.4 Å². The van der Waals surface area contributed by atoms with Crippen LogP contribution in [0.4, 0.5) is 0 Å². The highest BCUT2D eigenvalue weighted by Gasteiger charge is 2.19. The van der Waals surface area contributed by atoms with Crippen LogP contribution in [0.2, 0.25) is 0 Å². The molecule has 0 amide bonds. The highest BCUT2D eigenvalue weighted by molar-refractivity contribution is 5.71. The van der Waals surface area contributed by atoms with Crippen LogP contribution < -0.4 is 0 Å². The van der Waals surface area contributed by atoms with E-state index in [1.54, 1.807) is 0 Å². The summed E-state index contributed by atoms with van der Waals surface area (Å²) >= 11 is 0. The van der Waals surface area contributed by atoms with Gasteiger partial charge in [0, 0.05) is 19.3 Å².